The minimum atomic E-state index is -0.523. The summed E-state index contributed by atoms with van der Waals surface area (Å²) in [7, 11) is 1.83. The quantitative estimate of drug-likeness (QED) is 0.429. The van der Waals surface area contributed by atoms with Crippen LogP contribution < -0.4 is 4.90 Å². The Balaban J connectivity index is 1.17. The number of nitrogens with one attached hydrogen (secondary N) is 1. The van der Waals surface area contributed by atoms with E-state index in [4.69, 9.17) is 14.6 Å². The first kappa shape index (κ1) is 29.7. The maximum atomic E-state index is 13.6. The molecule has 0 radical (unpaired) electrons. The molecule has 2 fully saturated rings. The normalized spacial score (nSPS) is 21.3. The number of H-pyrrole nitrogens is 1. The van der Waals surface area contributed by atoms with Gasteiger partial charge in [-0.25, -0.2) is 9.48 Å². The Morgan fingerprint density at radius 3 is 2.53 bits per heavy atom. The number of aromatic nitrogens is 3. The van der Waals surface area contributed by atoms with Crippen LogP contribution in [0.2, 0.25) is 0 Å². The molecule has 1 aliphatic carbocycles. The smallest absolute Gasteiger partial charge is 0.410 e. The number of nitrogens with zero attached hydrogens (tertiary/aromatic N) is 5. The zero-order chi connectivity index (χ0) is 30.7. The first-order valence-electron chi connectivity index (χ1n) is 15.6. The van der Waals surface area contributed by atoms with E-state index in [0.29, 0.717) is 26.2 Å². The van der Waals surface area contributed by atoms with Crippen molar-refractivity contribution in [1.29, 1.82) is 0 Å². The zero-order valence-corrected chi connectivity index (χ0v) is 26.7. The van der Waals surface area contributed by atoms with Crippen LogP contribution in [-0.2, 0) is 27.1 Å². The number of benzene rings is 1. The standard InChI is InChI=1S/C33H46N6O4/c1-21(37-13-15-38(16-14-37)31(41)43-32(2,3)4)30(40)36(7)23-9-8-22-18-26(34-25(22)19-23)29-24-10-12-33(5,6)20-27(24)39(35-29)28-11-17-42-28/h8-9,18-19,21,28,34H,10-17,20H2,1-7H3/t21-,28?/m0/s1. The fraction of sp³-hybridized carbons (Fsp3) is 0.606. The second-order valence-electron chi connectivity index (χ2n) is 14.2. The van der Waals surface area contributed by atoms with Gasteiger partial charge >= 0.3 is 6.09 Å². The van der Waals surface area contributed by atoms with E-state index in [-0.39, 0.29) is 29.7 Å². The predicted molar refractivity (Wildman–Crippen MR) is 167 cm³/mol. The van der Waals surface area contributed by atoms with Crippen LogP contribution in [0.3, 0.4) is 0 Å². The monoisotopic (exact) mass is 590 g/mol. The minimum Gasteiger partial charge on any atom is -0.444 e. The number of anilines is 1. The van der Waals surface area contributed by atoms with Crippen molar-refractivity contribution in [2.75, 3.05) is 44.7 Å². The third-order valence-corrected chi connectivity index (χ3v) is 9.21. The highest BCUT2D eigenvalue weighted by Gasteiger charge is 2.35. The molecular weight excluding hydrogens is 544 g/mol. The summed E-state index contributed by atoms with van der Waals surface area (Å²) in [5, 5.41) is 6.19. The van der Waals surface area contributed by atoms with Crippen LogP contribution in [-0.4, -0.2) is 88.0 Å². The number of carbonyl (C=O) groups is 2. The minimum absolute atomic E-state index is 0.0211. The Hall–Kier alpha value is -3.37. The van der Waals surface area contributed by atoms with E-state index in [1.165, 1.54) is 11.3 Å². The molecule has 1 N–H and O–H groups in total. The molecule has 3 aromatic rings. The van der Waals surface area contributed by atoms with E-state index < -0.39 is 5.60 Å². The average Bonchev–Trinajstić information content (AvgIpc) is 3.50. The Morgan fingerprint density at radius 1 is 1.16 bits per heavy atom. The highest BCUT2D eigenvalue weighted by atomic mass is 16.6. The summed E-state index contributed by atoms with van der Waals surface area (Å²) in [4.78, 5) is 35.2. The maximum Gasteiger partial charge on any atom is 0.410 e. The second kappa shape index (κ2) is 11.0. The van der Waals surface area contributed by atoms with Crippen molar-refractivity contribution in [3.63, 3.8) is 0 Å². The number of likely N-dealkylation sites (N-methyl/N-ethyl adjacent to an activating group) is 1. The summed E-state index contributed by atoms with van der Waals surface area (Å²) in [5.74, 6) is 0.0211. The fourth-order valence-electron chi connectivity index (χ4n) is 6.46. The number of rotatable bonds is 5. The highest BCUT2D eigenvalue weighted by molar-refractivity contribution is 5.99. The van der Waals surface area contributed by atoms with Crippen molar-refractivity contribution in [3.05, 3.63) is 35.5 Å². The molecule has 10 nitrogen and oxygen atoms in total. The van der Waals surface area contributed by atoms with Crippen molar-refractivity contribution in [1.82, 2.24) is 24.6 Å². The van der Waals surface area contributed by atoms with Gasteiger partial charge in [-0.1, -0.05) is 19.9 Å². The Morgan fingerprint density at radius 2 is 1.88 bits per heavy atom. The number of amides is 2. The van der Waals surface area contributed by atoms with Crippen molar-refractivity contribution in [2.45, 2.75) is 85.1 Å². The van der Waals surface area contributed by atoms with Crippen LogP contribution in [0.25, 0.3) is 22.3 Å². The van der Waals surface area contributed by atoms with Gasteiger partial charge in [-0.3, -0.25) is 9.69 Å². The van der Waals surface area contributed by atoms with Crippen molar-refractivity contribution >= 4 is 28.6 Å². The van der Waals surface area contributed by atoms with E-state index in [1.807, 2.05) is 46.9 Å². The van der Waals surface area contributed by atoms with Gasteiger partial charge in [0.05, 0.1) is 18.3 Å². The van der Waals surface area contributed by atoms with E-state index in [1.54, 1.807) is 9.80 Å². The van der Waals surface area contributed by atoms with Gasteiger partial charge in [-0.2, -0.15) is 5.10 Å². The molecule has 2 atom stereocenters. The second-order valence-corrected chi connectivity index (χ2v) is 14.2. The van der Waals surface area contributed by atoms with Crippen molar-refractivity contribution in [3.8, 4) is 11.4 Å². The van der Waals surface area contributed by atoms with Crippen LogP contribution in [0, 0.1) is 5.41 Å². The molecule has 0 saturated carbocycles. The molecule has 0 spiro atoms. The molecule has 10 heteroatoms. The molecule has 6 rings (SSSR count). The number of ether oxygens (including phenoxy) is 2. The molecule has 1 aromatic carbocycles. The number of piperazine rings is 1. The molecule has 2 aliphatic heterocycles. The summed E-state index contributed by atoms with van der Waals surface area (Å²) in [6.07, 6.45) is 3.88. The third kappa shape index (κ3) is 5.91. The van der Waals surface area contributed by atoms with Gasteiger partial charge in [0.15, 0.2) is 6.23 Å². The molecule has 43 heavy (non-hydrogen) atoms. The van der Waals surface area contributed by atoms with Crippen LogP contribution in [0.1, 0.15) is 71.9 Å². The summed E-state index contributed by atoms with van der Waals surface area (Å²) in [6, 6.07) is 7.98. The number of aromatic amines is 1. The summed E-state index contributed by atoms with van der Waals surface area (Å²) < 4.78 is 13.5. The molecule has 1 unspecified atom stereocenters. The Labute approximate surface area is 254 Å². The Kier molecular flexibility index (Phi) is 7.57. The van der Waals surface area contributed by atoms with Crippen molar-refractivity contribution < 1.29 is 19.1 Å². The molecular formula is C33H46N6O4. The molecule has 232 valence electrons. The topological polar surface area (TPSA) is 95.9 Å². The van der Waals surface area contributed by atoms with Crippen LogP contribution in [0.4, 0.5) is 10.5 Å². The van der Waals surface area contributed by atoms with Gasteiger partial charge in [0.25, 0.3) is 0 Å². The summed E-state index contributed by atoms with van der Waals surface area (Å²) in [6.45, 7) is 15.3. The van der Waals surface area contributed by atoms with Crippen molar-refractivity contribution in [2.24, 2.45) is 5.41 Å². The number of hydrogen-bond acceptors (Lipinski definition) is 6. The van der Waals surface area contributed by atoms with Gasteiger partial charge < -0.3 is 24.3 Å². The first-order valence-corrected chi connectivity index (χ1v) is 15.6. The molecule has 0 bridgehead atoms. The average molecular weight is 591 g/mol. The SMILES string of the molecule is C[C@@H](C(=O)N(C)c1ccc2cc(-c3nn(C4CCO4)c4c3CCC(C)(C)C4)[nH]c2c1)N1CCN(C(=O)OC(C)(C)C)CC1. The lowest BCUT2D eigenvalue weighted by Crippen LogP contribution is -2.55. The molecule has 4 heterocycles. The van der Waals surface area contributed by atoms with Gasteiger partial charge in [-0.15, -0.1) is 0 Å². The maximum absolute atomic E-state index is 13.6. The van der Waals surface area contributed by atoms with E-state index in [9.17, 15) is 9.59 Å². The number of fused-ring (bicyclic) bond motifs is 2. The van der Waals surface area contributed by atoms with E-state index in [0.717, 1.165) is 60.3 Å². The van der Waals surface area contributed by atoms with Crippen LogP contribution >= 0.6 is 0 Å². The largest absolute Gasteiger partial charge is 0.444 e. The molecule has 2 amide bonds. The first-order chi connectivity index (χ1) is 20.3. The lowest BCUT2D eigenvalue weighted by atomic mass is 9.76. The van der Waals surface area contributed by atoms with Gasteiger partial charge in [0.1, 0.15) is 11.3 Å². The van der Waals surface area contributed by atoms with Gasteiger partial charge in [-0.05, 0) is 70.6 Å². The van der Waals surface area contributed by atoms with Gasteiger partial charge in [0, 0.05) is 67.5 Å². The third-order valence-electron chi connectivity index (χ3n) is 9.21. The lowest BCUT2D eigenvalue weighted by Gasteiger charge is -2.38. The molecule has 3 aliphatic rings. The zero-order valence-electron chi connectivity index (χ0n) is 26.7. The highest BCUT2D eigenvalue weighted by Crippen LogP contribution is 2.42. The number of hydrogen-bond donors (Lipinski definition) is 1. The van der Waals surface area contributed by atoms with Crippen LogP contribution in [0.5, 0.6) is 0 Å². The molecule has 2 saturated heterocycles. The summed E-state index contributed by atoms with van der Waals surface area (Å²) >= 11 is 0. The van der Waals surface area contributed by atoms with Crippen LogP contribution in [0.15, 0.2) is 24.3 Å². The van der Waals surface area contributed by atoms with E-state index >= 15 is 0 Å². The van der Waals surface area contributed by atoms with Gasteiger partial charge in [0.2, 0.25) is 5.91 Å². The Bertz CT molecular complexity index is 1520. The van der Waals surface area contributed by atoms with E-state index in [2.05, 4.69) is 40.5 Å². The number of carbonyl (C=O) groups excluding carboxylic acids is 2. The predicted octanol–water partition coefficient (Wildman–Crippen LogP) is 5.37. The summed E-state index contributed by atoms with van der Waals surface area (Å²) in [5.41, 5.74) is 6.20. The lowest BCUT2D eigenvalue weighted by molar-refractivity contribution is -0.123. The molecule has 2 aromatic heterocycles. The fourth-order valence-corrected chi connectivity index (χ4v) is 6.46.